The van der Waals surface area contributed by atoms with Gasteiger partial charge in [0.15, 0.2) is 11.5 Å². The molecule has 30 heavy (non-hydrogen) atoms. The van der Waals surface area contributed by atoms with Crippen molar-refractivity contribution in [1.29, 1.82) is 0 Å². The molecule has 0 fully saturated rings. The summed E-state index contributed by atoms with van der Waals surface area (Å²) in [6, 6.07) is 9.45. The maximum absolute atomic E-state index is 12.6. The molecule has 0 bridgehead atoms. The number of amides is 1. The zero-order valence-electron chi connectivity index (χ0n) is 17.0. The molecular weight excluding hydrogens is 428 g/mol. The first kappa shape index (κ1) is 22.4. The molecule has 7 nitrogen and oxygen atoms in total. The highest BCUT2D eigenvalue weighted by Crippen LogP contribution is 2.38. The minimum absolute atomic E-state index is 0.164. The topological polar surface area (TPSA) is 84.9 Å². The van der Waals surface area contributed by atoms with Crippen molar-refractivity contribution in [3.05, 3.63) is 52.5 Å². The Morgan fingerprint density at radius 1 is 1.10 bits per heavy atom. The van der Waals surface area contributed by atoms with Crippen molar-refractivity contribution in [3.63, 3.8) is 0 Å². The van der Waals surface area contributed by atoms with Gasteiger partial charge >= 0.3 is 0 Å². The maximum atomic E-state index is 12.6. The monoisotopic (exact) mass is 452 g/mol. The van der Waals surface area contributed by atoms with Crippen LogP contribution in [0.4, 0.5) is 0 Å². The van der Waals surface area contributed by atoms with Crippen LogP contribution in [-0.4, -0.2) is 44.9 Å². The Balaban J connectivity index is 1.68. The summed E-state index contributed by atoms with van der Waals surface area (Å²) in [6.45, 7) is 5.68. The number of carbonyl (C=O) groups excluding carboxylic acids is 1. The summed E-state index contributed by atoms with van der Waals surface area (Å²) < 4.78 is 37.7. The Morgan fingerprint density at radius 2 is 1.77 bits per heavy atom. The lowest BCUT2D eigenvalue weighted by molar-refractivity contribution is 0.0950. The molecule has 9 heteroatoms. The molecule has 0 aliphatic carbocycles. The van der Waals surface area contributed by atoms with Gasteiger partial charge in [-0.25, -0.2) is 8.42 Å². The summed E-state index contributed by atoms with van der Waals surface area (Å²) in [6.07, 6.45) is 0.775. The van der Waals surface area contributed by atoms with E-state index in [1.54, 1.807) is 26.0 Å². The fraction of sp³-hybridized carbons (Fsp3) is 0.381. The predicted molar refractivity (Wildman–Crippen MR) is 115 cm³/mol. The largest absolute Gasteiger partial charge is 0.489 e. The normalized spacial score (nSPS) is 13.7. The molecule has 0 atom stereocenters. The molecular formula is C21H25ClN2O5S. The van der Waals surface area contributed by atoms with E-state index in [1.807, 2.05) is 0 Å². The number of rotatable bonds is 7. The molecule has 1 heterocycles. The van der Waals surface area contributed by atoms with Crippen LogP contribution in [0.2, 0.25) is 5.02 Å². The average Bonchev–Trinajstić information content (AvgIpc) is 2.99. The summed E-state index contributed by atoms with van der Waals surface area (Å²) in [7, 11) is -3.55. The standard InChI is InChI=1S/C21H25ClN2O5S/c1-3-24(4-2)30(26,27)17-8-6-16(7-9-17)21(25)23-14-15-12-18(22)20-19(13-15)28-10-5-11-29-20/h6-9,12-13H,3-5,10-11,14H2,1-2H3,(H,23,25). The first-order valence-electron chi connectivity index (χ1n) is 9.83. The molecule has 1 aliphatic rings. The van der Waals surface area contributed by atoms with E-state index in [0.717, 1.165) is 12.0 Å². The summed E-state index contributed by atoms with van der Waals surface area (Å²) >= 11 is 6.28. The van der Waals surface area contributed by atoms with Crippen LogP contribution >= 0.6 is 11.6 Å². The number of benzene rings is 2. The third-order valence-corrected chi connectivity index (χ3v) is 7.12. The van der Waals surface area contributed by atoms with Gasteiger partial charge in [0.2, 0.25) is 10.0 Å². The second-order valence-corrected chi connectivity index (χ2v) is 9.10. The molecule has 1 amide bonds. The van der Waals surface area contributed by atoms with Gasteiger partial charge in [0, 0.05) is 31.6 Å². The second-order valence-electron chi connectivity index (χ2n) is 6.75. The molecule has 0 saturated carbocycles. The van der Waals surface area contributed by atoms with E-state index in [2.05, 4.69) is 5.32 Å². The van der Waals surface area contributed by atoms with Gasteiger partial charge < -0.3 is 14.8 Å². The smallest absolute Gasteiger partial charge is 0.251 e. The molecule has 162 valence electrons. The zero-order valence-corrected chi connectivity index (χ0v) is 18.6. The fourth-order valence-corrected chi connectivity index (χ4v) is 4.91. The van der Waals surface area contributed by atoms with Gasteiger partial charge in [0.25, 0.3) is 5.91 Å². The van der Waals surface area contributed by atoms with E-state index >= 15 is 0 Å². The zero-order chi connectivity index (χ0) is 21.7. The summed E-state index contributed by atoms with van der Waals surface area (Å²) in [5.74, 6) is 0.773. The van der Waals surface area contributed by atoms with Crippen molar-refractivity contribution in [2.75, 3.05) is 26.3 Å². The van der Waals surface area contributed by atoms with Crippen LogP contribution in [0.1, 0.15) is 36.2 Å². The number of ether oxygens (including phenoxy) is 2. The van der Waals surface area contributed by atoms with Crippen LogP contribution in [0, 0.1) is 0 Å². The van der Waals surface area contributed by atoms with Crippen molar-refractivity contribution in [3.8, 4) is 11.5 Å². The molecule has 1 N–H and O–H groups in total. The third kappa shape index (κ3) is 4.88. The molecule has 0 saturated heterocycles. The van der Waals surface area contributed by atoms with Crippen molar-refractivity contribution in [2.45, 2.75) is 31.7 Å². The highest BCUT2D eigenvalue weighted by atomic mass is 35.5. The van der Waals surface area contributed by atoms with Crippen molar-refractivity contribution >= 4 is 27.5 Å². The summed E-state index contributed by atoms with van der Waals surface area (Å²) in [5.41, 5.74) is 1.15. The van der Waals surface area contributed by atoms with Crippen LogP contribution in [0.3, 0.4) is 0 Å². The number of carbonyl (C=O) groups is 1. The van der Waals surface area contributed by atoms with Gasteiger partial charge in [0.1, 0.15) is 0 Å². The van der Waals surface area contributed by atoms with E-state index in [1.165, 1.54) is 28.6 Å². The number of sulfonamides is 1. The molecule has 3 rings (SSSR count). The Bertz CT molecular complexity index is 1000. The third-order valence-electron chi connectivity index (χ3n) is 4.77. The van der Waals surface area contributed by atoms with Crippen LogP contribution in [0.5, 0.6) is 11.5 Å². The highest BCUT2D eigenvalue weighted by Gasteiger charge is 2.22. The Morgan fingerprint density at radius 3 is 2.43 bits per heavy atom. The summed E-state index contributed by atoms with van der Waals surface area (Å²) in [5, 5.41) is 3.25. The van der Waals surface area contributed by atoms with E-state index < -0.39 is 10.0 Å². The quantitative estimate of drug-likeness (QED) is 0.695. The second kappa shape index (κ2) is 9.68. The lowest BCUT2D eigenvalue weighted by Gasteiger charge is -2.18. The number of nitrogens with zero attached hydrogens (tertiary/aromatic N) is 1. The lowest BCUT2D eigenvalue weighted by Crippen LogP contribution is -2.30. The Labute approximate surface area is 182 Å². The molecule has 1 aliphatic heterocycles. The van der Waals surface area contributed by atoms with Crippen LogP contribution < -0.4 is 14.8 Å². The fourth-order valence-electron chi connectivity index (χ4n) is 3.16. The lowest BCUT2D eigenvalue weighted by atomic mass is 10.1. The van der Waals surface area contributed by atoms with Crippen LogP contribution in [0.15, 0.2) is 41.3 Å². The molecule has 2 aromatic carbocycles. The SMILES string of the molecule is CCN(CC)S(=O)(=O)c1ccc(C(=O)NCc2cc(Cl)c3c(c2)OCCCO3)cc1. The number of halogens is 1. The molecule has 2 aromatic rings. The highest BCUT2D eigenvalue weighted by molar-refractivity contribution is 7.89. The minimum Gasteiger partial charge on any atom is -0.489 e. The van der Waals surface area contributed by atoms with E-state index in [9.17, 15) is 13.2 Å². The van der Waals surface area contributed by atoms with Gasteiger partial charge in [-0.3, -0.25) is 4.79 Å². The van der Waals surface area contributed by atoms with Crippen molar-refractivity contribution in [2.24, 2.45) is 0 Å². The van der Waals surface area contributed by atoms with Crippen molar-refractivity contribution in [1.82, 2.24) is 9.62 Å². The molecule has 0 spiro atoms. The molecule has 0 unspecified atom stereocenters. The van der Waals surface area contributed by atoms with Crippen LogP contribution in [-0.2, 0) is 16.6 Å². The first-order chi connectivity index (χ1) is 14.4. The molecule has 0 aromatic heterocycles. The number of hydrogen-bond acceptors (Lipinski definition) is 5. The molecule has 0 radical (unpaired) electrons. The van der Waals surface area contributed by atoms with Crippen LogP contribution in [0.25, 0.3) is 0 Å². The van der Waals surface area contributed by atoms with E-state index in [-0.39, 0.29) is 17.3 Å². The Kier molecular flexibility index (Phi) is 7.23. The summed E-state index contributed by atoms with van der Waals surface area (Å²) in [4.78, 5) is 12.7. The van der Waals surface area contributed by atoms with Gasteiger partial charge in [-0.2, -0.15) is 4.31 Å². The van der Waals surface area contributed by atoms with Gasteiger partial charge in [-0.15, -0.1) is 0 Å². The van der Waals surface area contributed by atoms with E-state index in [4.69, 9.17) is 21.1 Å². The number of nitrogens with one attached hydrogen (secondary N) is 1. The van der Waals surface area contributed by atoms with E-state index in [0.29, 0.717) is 48.4 Å². The number of fused-ring (bicyclic) bond motifs is 1. The predicted octanol–water partition coefficient (Wildman–Crippen LogP) is 3.46. The first-order valence-corrected chi connectivity index (χ1v) is 11.6. The van der Waals surface area contributed by atoms with Gasteiger partial charge in [-0.05, 0) is 42.0 Å². The maximum Gasteiger partial charge on any atom is 0.251 e. The van der Waals surface area contributed by atoms with Crippen molar-refractivity contribution < 1.29 is 22.7 Å². The Hall–Kier alpha value is -2.29. The number of hydrogen-bond donors (Lipinski definition) is 1. The minimum atomic E-state index is -3.55. The average molecular weight is 453 g/mol. The van der Waals surface area contributed by atoms with Gasteiger partial charge in [0.05, 0.1) is 23.1 Å². The van der Waals surface area contributed by atoms with Gasteiger partial charge in [-0.1, -0.05) is 25.4 Å².